The van der Waals surface area contributed by atoms with Gasteiger partial charge in [-0.05, 0) is 63.1 Å². The fourth-order valence-electron chi connectivity index (χ4n) is 3.94. The van der Waals surface area contributed by atoms with Crippen LogP contribution in [-0.2, 0) is 0 Å². The number of ketones is 1. The molecule has 0 radical (unpaired) electrons. The van der Waals surface area contributed by atoms with Crippen LogP contribution >= 0.6 is 0 Å². The minimum atomic E-state index is -0.431. The van der Waals surface area contributed by atoms with Crippen LogP contribution in [0.4, 0.5) is 5.69 Å². The number of carbonyl (C=O) groups is 1. The van der Waals surface area contributed by atoms with Gasteiger partial charge in [-0.3, -0.25) is 4.79 Å². The third kappa shape index (κ3) is 3.96. The van der Waals surface area contributed by atoms with Crippen molar-refractivity contribution in [2.24, 2.45) is 0 Å². The van der Waals surface area contributed by atoms with Crippen molar-refractivity contribution in [3.05, 3.63) is 47.5 Å². The normalized spacial score (nSPS) is 14.6. The molecule has 1 aliphatic rings. The lowest BCUT2D eigenvalue weighted by molar-refractivity contribution is 0.0350. The number of nitrogens with zero attached hydrogens (tertiary/aromatic N) is 3. The van der Waals surface area contributed by atoms with Crippen LogP contribution in [0.2, 0.25) is 0 Å². The van der Waals surface area contributed by atoms with Crippen LogP contribution in [0.5, 0.6) is 5.75 Å². The Balaban J connectivity index is 1.63. The number of aromatic nitrogens is 2. The Hall–Kier alpha value is -3.66. The van der Waals surface area contributed by atoms with E-state index in [0.29, 0.717) is 46.1 Å². The topological polar surface area (TPSA) is 101 Å². The van der Waals surface area contributed by atoms with Crippen LogP contribution < -0.4 is 10.1 Å². The number of nitrogens with one attached hydrogen (secondary N) is 1. The molecule has 3 aromatic rings. The molecule has 0 bridgehead atoms. The molecule has 1 aromatic heterocycles. The Morgan fingerprint density at radius 3 is 2.59 bits per heavy atom. The largest absolute Gasteiger partial charge is 0.486 e. The second kappa shape index (κ2) is 8.46. The van der Waals surface area contributed by atoms with E-state index < -0.39 is 5.60 Å². The first-order valence-corrected chi connectivity index (χ1v) is 10.9. The molecule has 0 spiro atoms. The lowest BCUT2D eigenvalue weighted by atomic mass is 9.85. The quantitative estimate of drug-likeness (QED) is 0.541. The van der Waals surface area contributed by atoms with Crippen molar-refractivity contribution in [2.75, 3.05) is 5.32 Å². The number of benzene rings is 2. The maximum absolute atomic E-state index is 12.8. The van der Waals surface area contributed by atoms with Gasteiger partial charge in [-0.2, -0.15) is 10.2 Å². The first kappa shape index (κ1) is 21.6. The molecule has 0 saturated heterocycles. The second-order valence-electron chi connectivity index (χ2n) is 8.40. The summed E-state index contributed by atoms with van der Waals surface area (Å²) in [5.41, 5.74) is 2.71. The molecular formula is C25H26N4O3. The number of nitriles is 1. The van der Waals surface area contributed by atoms with Crippen LogP contribution in [0.15, 0.2) is 40.9 Å². The monoisotopic (exact) mass is 430 g/mol. The summed E-state index contributed by atoms with van der Waals surface area (Å²) >= 11 is 0. The first-order chi connectivity index (χ1) is 15.4. The zero-order valence-corrected chi connectivity index (χ0v) is 18.7. The van der Waals surface area contributed by atoms with E-state index in [1.807, 2.05) is 45.9 Å². The highest BCUT2D eigenvalue weighted by Gasteiger charge is 2.37. The Morgan fingerprint density at radius 2 is 1.91 bits per heavy atom. The van der Waals surface area contributed by atoms with E-state index >= 15 is 0 Å². The fraction of sp³-hybridized carbons (Fsp3) is 0.360. The molecule has 0 saturated carbocycles. The number of hydrogen-bond donors (Lipinski definition) is 1. The summed E-state index contributed by atoms with van der Waals surface area (Å²) in [6.45, 7) is 8.11. The summed E-state index contributed by atoms with van der Waals surface area (Å²) in [5.74, 6) is 1.35. The van der Waals surface area contributed by atoms with E-state index in [1.165, 1.54) is 0 Å². The smallest absolute Gasteiger partial charge is 0.258 e. The van der Waals surface area contributed by atoms with Crippen LogP contribution in [0, 0.1) is 11.3 Å². The highest BCUT2D eigenvalue weighted by molar-refractivity contribution is 6.01. The zero-order valence-electron chi connectivity index (χ0n) is 18.7. The second-order valence-corrected chi connectivity index (χ2v) is 8.40. The Labute approximate surface area is 187 Å². The number of rotatable bonds is 6. The molecule has 164 valence electrons. The van der Waals surface area contributed by atoms with Gasteiger partial charge < -0.3 is 14.6 Å². The van der Waals surface area contributed by atoms with Gasteiger partial charge in [0.25, 0.3) is 5.89 Å². The minimum Gasteiger partial charge on any atom is -0.486 e. The number of carbonyl (C=O) groups excluding carboxylic acids is 1. The summed E-state index contributed by atoms with van der Waals surface area (Å²) in [5, 5.41) is 16.8. The molecule has 7 nitrogen and oxygen atoms in total. The SMILES string of the molecule is CCC1(CC)CC(=O)c2cc(-c3noc(-c4ccc(NC(C)C)c(C#N)c4)n3)ccc2O1. The summed E-state index contributed by atoms with van der Waals surface area (Å²) in [6.07, 6.45) is 1.92. The van der Waals surface area contributed by atoms with Crippen molar-refractivity contribution in [2.45, 2.75) is 58.6 Å². The zero-order chi connectivity index (χ0) is 22.9. The van der Waals surface area contributed by atoms with Crippen molar-refractivity contribution < 1.29 is 14.1 Å². The Bertz CT molecular complexity index is 1200. The summed E-state index contributed by atoms with van der Waals surface area (Å²) in [7, 11) is 0. The lowest BCUT2D eigenvalue weighted by Gasteiger charge is -2.36. The molecule has 0 amide bonds. The predicted octanol–water partition coefficient (Wildman–Crippen LogP) is 5.62. The number of Topliss-reactive ketones (excluding diaryl/α,β-unsaturated/α-hetero) is 1. The van der Waals surface area contributed by atoms with Crippen molar-refractivity contribution in [1.29, 1.82) is 5.26 Å². The van der Waals surface area contributed by atoms with Crippen molar-refractivity contribution in [3.63, 3.8) is 0 Å². The van der Waals surface area contributed by atoms with Crippen LogP contribution in [0.25, 0.3) is 22.8 Å². The average Bonchev–Trinajstić information content (AvgIpc) is 3.29. The van der Waals surface area contributed by atoms with E-state index in [-0.39, 0.29) is 11.8 Å². The van der Waals surface area contributed by atoms with E-state index in [0.717, 1.165) is 18.5 Å². The van der Waals surface area contributed by atoms with Gasteiger partial charge in [0, 0.05) is 17.2 Å². The molecule has 32 heavy (non-hydrogen) atoms. The average molecular weight is 431 g/mol. The molecule has 4 rings (SSSR count). The highest BCUT2D eigenvalue weighted by atomic mass is 16.5. The molecule has 0 unspecified atom stereocenters. The van der Waals surface area contributed by atoms with Crippen LogP contribution in [-0.4, -0.2) is 27.6 Å². The van der Waals surface area contributed by atoms with Gasteiger partial charge in [0.05, 0.1) is 23.2 Å². The molecule has 0 aliphatic carbocycles. The third-order valence-corrected chi connectivity index (χ3v) is 5.89. The van der Waals surface area contributed by atoms with Crippen molar-refractivity contribution >= 4 is 11.5 Å². The van der Waals surface area contributed by atoms with Gasteiger partial charge in [0.1, 0.15) is 17.4 Å². The van der Waals surface area contributed by atoms with E-state index in [4.69, 9.17) is 9.26 Å². The summed E-state index contributed by atoms with van der Waals surface area (Å²) < 4.78 is 11.7. The predicted molar refractivity (Wildman–Crippen MR) is 122 cm³/mol. The van der Waals surface area contributed by atoms with Gasteiger partial charge >= 0.3 is 0 Å². The maximum atomic E-state index is 12.8. The van der Waals surface area contributed by atoms with E-state index in [2.05, 4.69) is 21.5 Å². The van der Waals surface area contributed by atoms with Gasteiger partial charge in [0.15, 0.2) is 5.78 Å². The van der Waals surface area contributed by atoms with Crippen LogP contribution in [0.1, 0.15) is 62.9 Å². The Morgan fingerprint density at radius 1 is 1.16 bits per heavy atom. The van der Waals surface area contributed by atoms with Gasteiger partial charge in [0.2, 0.25) is 5.82 Å². The maximum Gasteiger partial charge on any atom is 0.258 e. The molecule has 7 heteroatoms. The first-order valence-electron chi connectivity index (χ1n) is 10.9. The number of hydrogen-bond acceptors (Lipinski definition) is 7. The van der Waals surface area contributed by atoms with Gasteiger partial charge in [-0.25, -0.2) is 0 Å². The number of fused-ring (bicyclic) bond motifs is 1. The van der Waals surface area contributed by atoms with E-state index in [9.17, 15) is 10.1 Å². The molecule has 1 aliphatic heterocycles. The summed E-state index contributed by atoms with van der Waals surface area (Å²) in [4.78, 5) is 17.3. The lowest BCUT2D eigenvalue weighted by Crippen LogP contribution is -2.40. The Kier molecular flexibility index (Phi) is 5.70. The number of ether oxygens (including phenoxy) is 1. The highest BCUT2D eigenvalue weighted by Crippen LogP contribution is 2.39. The van der Waals surface area contributed by atoms with Crippen LogP contribution in [0.3, 0.4) is 0 Å². The fourth-order valence-corrected chi connectivity index (χ4v) is 3.94. The molecule has 1 N–H and O–H groups in total. The molecule has 0 fully saturated rings. The van der Waals surface area contributed by atoms with Crippen molar-refractivity contribution in [1.82, 2.24) is 10.1 Å². The van der Waals surface area contributed by atoms with Gasteiger partial charge in [-0.15, -0.1) is 0 Å². The standard InChI is InChI=1S/C25H26N4O3/c1-5-25(6-2)13-21(30)19-12-16(8-10-22(19)31-25)23-28-24(32-29-23)17-7-9-20(27-15(3)4)18(11-17)14-26/h7-12,15,27H,5-6,13H2,1-4H3. The molecule has 2 heterocycles. The van der Waals surface area contributed by atoms with E-state index in [1.54, 1.807) is 18.2 Å². The van der Waals surface area contributed by atoms with Gasteiger partial charge in [-0.1, -0.05) is 19.0 Å². The minimum absolute atomic E-state index is 0.0624. The van der Waals surface area contributed by atoms with Crippen molar-refractivity contribution in [3.8, 4) is 34.7 Å². The molecule has 2 aromatic carbocycles. The summed E-state index contributed by atoms with van der Waals surface area (Å²) in [6, 6.07) is 13.2. The third-order valence-electron chi connectivity index (χ3n) is 5.89. The number of anilines is 1. The molecular weight excluding hydrogens is 404 g/mol. The molecule has 0 atom stereocenters.